The van der Waals surface area contributed by atoms with Gasteiger partial charge in [-0.1, -0.05) is 44.7 Å². The molecule has 1 saturated heterocycles. The van der Waals surface area contributed by atoms with E-state index in [0.29, 0.717) is 18.9 Å². The molecule has 3 N–H and O–H groups in total. The second-order valence-corrected chi connectivity index (χ2v) is 9.00. The first-order chi connectivity index (χ1) is 15.8. The molecule has 9 nitrogen and oxygen atoms in total. The highest BCUT2D eigenvalue weighted by atomic mass is 16.4. The predicted octanol–water partition coefficient (Wildman–Crippen LogP) is 2.95. The average molecular weight is 460 g/mol. The lowest BCUT2D eigenvalue weighted by molar-refractivity contribution is -0.149. The van der Waals surface area contributed by atoms with Gasteiger partial charge in [0, 0.05) is 25.2 Å². The lowest BCUT2D eigenvalue weighted by Gasteiger charge is -2.43. The number of benzene rings is 1. The minimum absolute atomic E-state index is 0.0941. The molecule has 1 aromatic rings. The lowest BCUT2D eigenvalue weighted by Crippen LogP contribution is -2.52. The Labute approximate surface area is 193 Å². The molecule has 1 aliphatic heterocycles. The first-order valence-corrected chi connectivity index (χ1v) is 11.8. The SMILES string of the molecule is CCC[C@@H]1CCC[C@@H](N2CCC(N(C(=O)C(=O)O)c3ccccc3NC(=O)C(=O)O)CC2)C1. The maximum absolute atomic E-state index is 12.7. The molecule has 1 aliphatic carbocycles. The van der Waals surface area contributed by atoms with Gasteiger partial charge < -0.3 is 20.4 Å². The summed E-state index contributed by atoms with van der Waals surface area (Å²) in [5, 5.41) is 20.7. The molecule has 2 atom stereocenters. The van der Waals surface area contributed by atoms with Crippen LogP contribution >= 0.6 is 0 Å². The number of piperidine rings is 1. The minimum atomic E-state index is -1.66. The molecule has 0 spiro atoms. The molecule has 0 aromatic heterocycles. The molecule has 3 rings (SSSR count). The number of amides is 2. The highest BCUT2D eigenvalue weighted by Crippen LogP contribution is 2.35. The van der Waals surface area contributed by atoms with Gasteiger partial charge in [-0.15, -0.1) is 0 Å². The number of anilines is 2. The normalized spacial score (nSPS) is 21.8. The standard InChI is InChI=1S/C24H33N3O6/c1-2-6-16-7-5-8-18(15-16)26-13-11-17(12-14-26)27(22(29)24(32)33)20-10-4-3-9-19(20)25-21(28)23(30)31/h3-4,9-10,16-18H,2,5-8,11-15H2,1H3,(H,25,28)(H,30,31)(H,32,33)/t16-,18-/m1/s1. The van der Waals surface area contributed by atoms with Gasteiger partial charge in [-0.2, -0.15) is 0 Å². The monoisotopic (exact) mass is 459 g/mol. The van der Waals surface area contributed by atoms with E-state index in [9.17, 15) is 24.3 Å². The number of para-hydroxylation sites is 2. The molecule has 2 fully saturated rings. The molecular weight excluding hydrogens is 426 g/mol. The number of carbonyl (C=O) groups is 4. The number of hydrogen-bond acceptors (Lipinski definition) is 5. The van der Waals surface area contributed by atoms with E-state index in [0.717, 1.165) is 19.0 Å². The summed E-state index contributed by atoms with van der Waals surface area (Å²) in [7, 11) is 0. The molecule has 9 heteroatoms. The maximum Gasteiger partial charge on any atom is 0.394 e. The Morgan fingerprint density at radius 2 is 1.73 bits per heavy atom. The Bertz CT molecular complexity index is 879. The van der Waals surface area contributed by atoms with Gasteiger partial charge in [0.25, 0.3) is 0 Å². The molecule has 0 radical (unpaired) electrons. The maximum atomic E-state index is 12.7. The molecule has 33 heavy (non-hydrogen) atoms. The minimum Gasteiger partial charge on any atom is -0.474 e. The molecule has 180 valence electrons. The van der Waals surface area contributed by atoms with Crippen LogP contribution in [-0.4, -0.2) is 64.0 Å². The second-order valence-electron chi connectivity index (χ2n) is 9.00. The second kappa shape index (κ2) is 11.3. The fourth-order valence-electron chi connectivity index (χ4n) is 5.31. The average Bonchev–Trinajstić information content (AvgIpc) is 2.81. The van der Waals surface area contributed by atoms with Crippen molar-refractivity contribution in [1.29, 1.82) is 0 Å². The van der Waals surface area contributed by atoms with Crippen LogP contribution in [0.25, 0.3) is 0 Å². The highest BCUT2D eigenvalue weighted by Gasteiger charge is 2.36. The number of carboxylic acids is 2. The van der Waals surface area contributed by atoms with E-state index < -0.39 is 23.8 Å². The van der Waals surface area contributed by atoms with Crippen molar-refractivity contribution in [2.24, 2.45) is 5.92 Å². The van der Waals surface area contributed by atoms with Crippen LogP contribution in [0.4, 0.5) is 11.4 Å². The molecule has 1 aromatic carbocycles. The highest BCUT2D eigenvalue weighted by molar-refractivity contribution is 6.39. The van der Waals surface area contributed by atoms with Crippen LogP contribution in [0, 0.1) is 5.92 Å². The summed E-state index contributed by atoms with van der Waals surface area (Å²) in [4.78, 5) is 50.7. The van der Waals surface area contributed by atoms with Crippen LogP contribution in [0.15, 0.2) is 24.3 Å². The Morgan fingerprint density at radius 1 is 1.03 bits per heavy atom. The van der Waals surface area contributed by atoms with Crippen LogP contribution in [-0.2, 0) is 19.2 Å². The topological polar surface area (TPSA) is 127 Å². The number of carbonyl (C=O) groups excluding carboxylic acids is 2. The molecule has 2 amide bonds. The van der Waals surface area contributed by atoms with E-state index in [1.165, 1.54) is 55.6 Å². The summed E-state index contributed by atoms with van der Waals surface area (Å²) in [5.74, 6) is -4.83. The van der Waals surface area contributed by atoms with Crippen molar-refractivity contribution in [2.75, 3.05) is 23.3 Å². The number of rotatable bonds is 6. The van der Waals surface area contributed by atoms with Gasteiger partial charge in [-0.25, -0.2) is 9.59 Å². The third-order valence-electron chi connectivity index (χ3n) is 6.84. The van der Waals surface area contributed by atoms with Crippen LogP contribution < -0.4 is 10.2 Å². The van der Waals surface area contributed by atoms with Crippen molar-refractivity contribution in [3.05, 3.63) is 24.3 Å². The van der Waals surface area contributed by atoms with Crippen molar-refractivity contribution in [3.8, 4) is 0 Å². The van der Waals surface area contributed by atoms with Crippen LogP contribution in [0.3, 0.4) is 0 Å². The van der Waals surface area contributed by atoms with Gasteiger partial charge in [0.1, 0.15) is 0 Å². The summed E-state index contributed by atoms with van der Waals surface area (Å²) in [5.41, 5.74) is 0.287. The van der Waals surface area contributed by atoms with Gasteiger partial charge in [0.05, 0.1) is 11.4 Å². The molecule has 1 heterocycles. The molecule has 0 bridgehead atoms. The third kappa shape index (κ3) is 6.10. The van der Waals surface area contributed by atoms with Crippen molar-refractivity contribution in [3.63, 3.8) is 0 Å². The molecular formula is C24H33N3O6. The number of carboxylic acid groups (broad SMARTS) is 2. The fraction of sp³-hybridized carbons (Fsp3) is 0.583. The van der Waals surface area contributed by atoms with Gasteiger partial charge in [-0.3, -0.25) is 14.5 Å². The number of aliphatic carboxylic acids is 2. The van der Waals surface area contributed by atoms with E-state index in [1.54, 1.807) is 12.1 Å². The summed E-state index contributed by atoms with van der Waals surface area (Å²) in [6.45, 7) is 3.75. The summed E-state index contributed by atoms with van der Waals surface area (Å²) in [6.07, 6.45) is 8.56. The third-order valence-corrected chi connectivity index (χ3v) is 6.84. The Balaban J connectivity index is 1.76. The predicted molar refractivity (Wildman–Crippen MR) is 123 cm³/mol. The van der Waals surface area contributed by atoms with E-state index in [-0.39, 0.29) is 17.4 Å². The van der Waals surface area contributed by atoms with Crippen molar-refractivity contribution < 1.29 is 29.4 Å². The number of hydrogen-bond donors (Lipinski definition) is 3. The van der Waals surface area contributed by atoms with Gasteiger partial charge in [-0.05, 0) is 43.7 Å². The molecule has 2 aliphatic rings. The Morgan fingerprint density at radius 3 is 2.36 bits per heavy atom. The van der Waals surface area contributed by atoms with Crippen LogP contribution in [0.2, 0.25) is 0 Å². The zero-order chi connectivity index (χ0) is 24.0. The van der Waals surface area contributed by atoms with E-state index in [1.807, 2.05) is 0 Å². The zero-order valence-corrected chi connectivity index (χ0v) is 19.0. The number of likely N-dealkylation sites (tertiary alicyclic amines) is 1. The van der Waals surface area contributed by atoms with E-state index >= 15 is 0 Å². The number of nitrogens with one attached hydrogen (secondary N) is 1. The Kier molecular flexibility index (Phi) is 8.43. The van der Waals surface area contributed by atoms with Crippen LogP contribution in [0.5, 0.6) is 0 Å². The van der Waals surface area contributed by atoms with Gasteiger partial charge in [0.2, 0.25) is 0 Å². The van der Waals surface area contributed by atoms with Gasteiger partial charge in [0.15, 0.2) is 0 Å². The van der Waals surface area contributed by atoms with Crippen molar-refractivity contribution in [2.45, 2.75) is 70.4 Å². The molecule has 0 unspecified atom stereocenters. The van der Waals surface area contributed by atoms with Gasteiger partial charge >= 0.3 is 23.8 Å². The first-order valence-electron chi connectivity index (χ1n) is 11.8. The van der Waals surface area contributed by atoms with Crippen molar-refractivity contribution in [1.82, 2.24) is 4.90 Å². The lowest BCUT2D eigenvalue weighted by atomic mass is 9.82. The zero-order valence-electron chi connectivity index (χ0n) is 19.0. The summed E-state index contributed by atoms with van der Waals surface area (Å²) in [6, 6.07) is 6.37. The largest absolute Gasteiger partial charge is 0.474 e. The van der Waals surface area contributed by atoms with E-state index in [2.05, 4.69) is 17.1 Å². The number of nitrogens with zero attached hydrogens (tertiary/aromatic N) is 2. The van der Waals surface area contributed by atoms with E-state index in [4.69, 9.17) is 5.11 Å². The Hall–Kier alpha value is -2.94. The van der Waals surface area contributed by atoms with Crippen molar-refractivity contribution >= 4 is 35.1 Å². The smallest absolute Gasteiger partial charge is 0.394 e. The van der Waals surface area contributed by atoms with Crippen LogP contribution in [0.1, 0.15) is 58.3 Å². The molecule has 1 saturated carbocycles. The fourth-order valence-corrected chi connectivity index (χ4v) is 5.31. The first kappa shape index (κ1) is 24.7. The quantitative estimate of drug-likeness (QED) is 0.558. The summed E-state index contributed by atoms with van der Waals surface area (Å²) < 4.78 is 0. The summed E-state index contributed by atoms with van der Waals surface area (Å²) >= 11 is 0.